The lowest BCUT2D eigenvalue weighted by Crippen LogP contribution is -2.32. The molecule has 20 heavy (non-hydrogen) atoms. The van der Waals surface area contributed by atoms with Crippen LogP contribution in [0.2, 0.25) is 0 Å². The largest absolute Gasteiger partial charge is 0.324 e. The summed E-state index contributed by atoms with van der Waals surface area (Å²) in [6, 6.07) is 6.60. The van der Waals surface area contributed by atoms with Crippen molar-refractivity contribution in [1.29, 1.82) is 0 Å². The van der Waals surface area contributed by atoms with Crippen molar-refractivity contribution in [2.45, 2.75) is 63.4 Å². The van der Waals surface area contributed by atoms with E-state index in [1.54, 1.807) is 18.2 Å². The highest BCUT2D eigenvalue weighted by Crippen LogP contribution is 2.16. The maximum Gasteiger partial charge on any atom is 0.240 e. The van der Waals surface area contributed by atoms with Crippen molar-refractivity contribution in [3.05, 3.63) is 29.8 Å². The summed E-state index contributed by atoms with van der Waals surface area (Å²) >= 11 is 0. The fourth-order valence-corrected chi connectivity index (χ4v) is 3.39. The first-order valence-electron chi connectivity index (χ1n) is 7.24. The first-order chi connectivity index (χ1) is 9.36. The van der Waals surface area contributed by atoms with Crippen LogP contribution in [0.4, 0.5) is 0 Å². The average molecular weight is 298 g/mol. The van der Waals surface area contributed by atoms with Crippen molar-refractivity contribution in [1.82, 2.24) is 4.72 Å². The molecule has 0 aliphatic heterocycles. The standard InChI is InChI=1S/C15H26N2O2S/c1-4-5-6-8-12(2)17-20(18,19)15-10-7-9-14(11-15)13(3)16/h7,9-13,17H,4-6,8,16H2,1-3H3. The minimum Gasteiger partial charge on any atom is -0.324 e. The molecule has 4 nitrogen and oxygen atoms in total. The van der Waals surface area contributed by atoms with E-state index in [1.165, 1.54) is 0 Å². The fourth-order valence-electron chi connectivity index (χ4n) is 2.06. The summed E-state index contributed by atoms with van der Waals surface area (Å²) < 4.78 is 27.3. The lowest BCUT2D eigenvalue weighted by atomic mass is 10.1. The molecule has 0 aliphatic carbocycles. The molecule has 0 spiro atoms. The first kappa shape index (κ1) is 17.1. The lowest BCUT2D eigenvalue weighted by Gasteiger charge is -2.15. The van der Waals surface area contributed by atoms with Crippen LogP contribution in [0.15, 0.2) is 29.2 Å². The lowest BCUT2D eigenvalue weighted by molar-refractivity contribution is 0.527. The topological polar surface area (TPSA) is 72.2 Å². The number of hydrogen-bond donors (Lipinski definition) is 2. The number of rotatable bonds is 8. The Morgan fingerprint density at radius 1 is 1.25 bits per heavy atom. The van der Waals surface area contributed by atoms with E-state index in [4.69, 9.17) is 5.73 Å². The molecule has 3 N–H and O–H groups in total. The maximum atomic E-state index is 12.3. The van der Waals surface area contributed by atoms with E-state index in [-0.39, 0.29) is 17.0 Å². The summed E-state index contributed by atoms with van der Waals surface area (Å²) in [7, 11) is -3.46. The van der Waals surface area contributed by atoms with Gasteiger partial charge in [0, 0.05) is 12.1 Å². The number of nitrogens with one attached hydrogen (secondary N) is 1. The van der Waals surface area contributed by atoms with Gasteiger partial charge < -0.3 is 5.73 Å². The molecule has 2 unspecified atom stereocenters. The molecular formula is C15H26N2O2S. The normalized spacial score (nSPS) is 15.0. The van der Waals surface area contributed by atoms with Crippen LogP contribution >= 0.6 is 0 Å². The molecule has 0 aromatic heterocycles. The van der Waals surface area contributed by atoms with Crippen LogP contribution in [0.25, 0.3) is 0 Å². The molecule has 1 aromatic rings. The van der Waals surface area contributed by atoms with E-state index < -0.39 is 10.0 Å². The van der Waals surface area contributed by atoms with Crippen molar-refractivity contribution in [3.63, 3.8) is 0 Å². The van der Waals surface area contributed by atoms with Gasteiger partial charge in [-0.2, -0.15) is 0 Å². The molecular weight excluding hydrogens is 272 g/mol. The van der Waals surface area contributed by atoms with Crippen LogP contribution in [-0.2, 0) is 10.0 Å². The van der Waals surface area contributed by atoms with Gasteiger partial charge in [0.05, 0.1) is 4.90 Å². The minimum atomic E-state index is -3.46. The Balaban J connectivity index is 2.75. The summed E-state index contributed by atoms with van der Waals surface area (Å²) in [5.41, 5.74) is 6.62. The third-order valence-electron chi connectivity index (χ3n) is 3.29. The highest BCUT2D eigenvalue weighted by molar-refractivity contribution is 7.89. The molecule has 0 amide bonds. The Bertz CT molecular complexity index is 512. The predicted molar refractivity (Wildman–Crippen MR) is 83.0 cm³/mol. The summed E-state index contributed by atoms with van der Waals surface area (Å²) in [4.78, 5) is 0.287. The van der Waals surface area contributed by atoms with Crippen LogP contribution < -0.4 is 10.5 Å². The SMILES string of the molecule is CCCCCC(C)NS(=O)(=O)c1cccc(C(C)N)c1. The van der Waals surface area contributed by atoms with E-state index >= 15 is 0 Å². The Kier molecular flexibility index (Phi) is 6.65. The quantitative estimate of drug-likeness (QED) is 0.725. The van der Waals surface area contributed by atoms with Crippen LogP contribution in [0, 0.1) is 0 Å². The van der Waals surface area contributed by atoms with E-state index in [2.05, 4.69) is 11.6 Å². The van der Waals surface area contributed by atoms with Crippen molar-refractivity contribution >= 4 is 10.0 Å². The van der Waals surface area contributed by atoms with Crippen molar-refractivity contribution in [3.8, 4) is 0 Å². The molecule has 0 saturated carbocycles. The molecule has 2 atom stereocenters. The fraction of sp³-hybridized carbons (Fsp3) is 0.600. The second kappa shape index (κ2) is 7.76. The second-order valence-electron chi connectivity index (χ2n) is 5.38. The van der Waals surface area contributed by atoms with Crippen molar-refractivity contribution < 1.29 is 8.42 Å². The number of nitrogens with two attached hydrogens (primary N) is 1. The number of hydrogen-bond acceptors (Lipinski definition) is 3. The molecule has 0 aliphatic rings. The zero-order chi connectivity index (χ0) is 15.2. The molecule has 0 radical (unpaired) electrons. The summed E-state index contributed by atoms with van der Waals surface area (Å²) in [6.07, 6.45) is 4.17. The summed E-state index contributed by atoms with van der Waals surface area (Å²) in [6.45, 7) is 5.88. The molecule has 0 bridgehead atoms. The van der Waals surface area contributed by atoms with Gasteiger partial charge in [-0.05, 0) is 38.0 Å². The smallest absolute Gasteiger partial charge is 0.240 e. The highest BCUT2D eigenvalue weighted by atomic mass is 32.2. The van der Waals surface area contributed by atoms with Gasteiger partial charge in [0.25, 0.3) is 0 Å². The third-order valence-corrected chi connectivity index (χ3v) is 4.88. The molecule has 0 fully saturated rings. The predicted octanol–water partition coefficient (Wildman–Crippen LogP) is 2.95. The number of benzene rings is 1. The van der Waals surface area contributed by atoms with Gasteiger partial charge in [-0.15, -0.1) is 0 Å². The van der Waals surface area contributed by atoms with Gasteiger partial charge in [0.15, 0.2) is 0 Å². The van der Waals surface area contributed by atoms with E-state index in [9.17, 15) is 8.42 Å². The Morgan fingerprint density at radius 2 is 1.95 bits per heavy atom. The average Bonchev–Trinajstić information content (AvgIpc) is 2.38. The summed E-state index contributed by atoms with van der Waals surface area (Å²) in [5, 5.41) is 0. The molecule has 114 valence electrons. The van der Waals surface area contributed by atoms with Gasteiger partial charge in [-0.3, -0.25) is 0 Å². The first-order valence-corrected chi connectivity index (χ1v) is 8.73. The van der Waals surface area contributed by atoms with Gasteiger partial charge in [-0.1, -0.05) is 38.3 Å². The van der Waals surface area contributed by atoms with Crippen LogP contribution in [0.1, 0.15) is 58.1 Å². The van der Waals surface area contributed by atoms with E-state index in [0.717, 1.165) is 31.2 Å². The minimum absolute atomic E-state index is 0.0505. The van der Waals surface area contributed by atoms with Crippen molar-refractivity contribution in [2.75, 3.05) is 0 Å². The molecule has 5 heteroatoms. The van der Waals surface area contributed by atoms with E-state index in [1.807, 2.05) is 19.9 Å². The zero-order valence-corrected chi connectivity index (χ0v) is 13.4. The Hall–Kier alpha value is -0.910. The van der Waals surface area contributed by atoms with Gasteiger partial charge in [0.1, 0.15) is 0 Å². The monoisotopic (exact) mass is 298 g/mol. The van der Waals surface area contributed by atoms with Crippen LogP contribution in [-0.4, -0.2) is 14.5 Å². The molecule has 1 aromatic carbocycles. The Labute approximate surface area is 122 Å². The van der Waals surface area contributed by atoms with Crippen molar-refractivity contribution in [2.24, 2.45) is 5.73 Å². The number of sulfonamides is 1. The second-order valence-corrected chi connectivity index (χ2v) is 7.09. The Morgan fingerprint density at radius 3 is 2.55 bits per heavy atom. The third kappa shape index (κ3) is 5.23. The van der Waals surface area contributed by atoms with E-state index in [0.29, 0.717) is 0 Å². The summed E-state index contributed by atoms with van der Waals surface area (Å²) in [5.74, 6) is 0. The molecule has 0 saturated heterocycles. The van der Waals surface area contributed by atoms with Crippen LogP contribution in [0.5, 0.6) is 0 Å². The number of unbranched alkanes of at least 4 members (excludes halogenated alkanes) is 2. The van der Waals surface area contributed by atoms with Crippen LogP contribution in [0.3, 0.4) is 0 Å². The molecule has 0 heterocycles. The van der Waals surface area contributed by atoms with Gasteiger partial charge in [0.2, 0.25) is 10.0 Å². The molecule has 1 rings (SSSR count). The van der Waals surface area contributed by atoms with Gasteiger partial charge in [-0.25, -0.2) is 13.1 Å². The highest BCUT2D eigenvalue weighted by Gasteiger charge is 2.17. The van der Waals surface area contributed by atoms with Gasteiger partial charge >= 0.3 is 0 Å². The maximum absolute atomic E-state index is 12.3. The zero-order valence-electron chi connectivity index (χ0n) is 12.6.